The lowest BCUT2D eigenvalue weighted by Crippen LogP contribution is -2.12. The molecular formula is C14H15N5. The molecule has 1 aromatic carbocycles. The topological polar surface area (TPSA) is 64.8 Å². The van der Waals surface area contributed by atoms with Crippen molar-refractivity contribution in [1.82, 2.24) is 9.97 Å². The van der Waals surface area contributed by atoms with Crippen LogP contribution in [0.4, 0.5) is 17.3 Å². The van der Waals surface area contributed by atoms with E-state index >= 15 is 0 Å². The van der Waals surface area contributed by atoms with E-state index in [9.17, 15) is 0 Å². The standard InChI is InChI=1S/C14H15N5/c1-3-16-13-8-14(18-10-17-13)19(2)12-6-4-5-11(7-12)9-15/h4-8,10H,3H2,1-2H3,(H,16,17,18). The molecule has 0 bridgehead atoms. The number of hydrogen-bond acceptors (Lipinski definition) is 5. The second kappa shape index (κ2) is 5.83. The third kappa shape index (κ3) is 2.99. The maximum absolute atomic E-state index is 8.92. The van der Waals surface area contributed by atoms with E-state index in [1.165, 1.54) is 6.33 Å². The van der Waals surface area contributed by atoms with Gasteiger partial charge in [-0.2, -0.15) is 5.26 Å². The van der Waals surface area contributed by atoms with Gasteiger partial charge < -0.3 is 10.2 Å². The van der Waals surface area contributed by atoms with Gasteiger partial charge in [-0.15, -0.1) is 0 Å². The van der Waals surface area contributed by atoms with Gasteiger partial charge in [0.1, 0.15) is 18.0 Å². The van der Waals surface area contributed by atoms with Gasteiger partial charge >= 0.3 is 0 Å². The number of nitrogens with one attached hydrogen (secondary N) is 1. The summed E-state index contributed by atoms with van der Waals surface area (Å²) >= 11 is 0. The maximum atomic E-state index is 8.92. The van der Waals surface area contributed by atoms with Gasteiger partial charge in [0.05, 0.1) is 11.6 Å². The molecule has 1 N–H and O–H groups in total. The minimum atomic E-state index is 0.630. The molecule has 0 aliphatic rings. The number of benzene rings is 1. The van der Waals surface area contributed by atoms with E-state index in [1.54, 1.807) is 6.07 Å². The molecule has 0 atom stereocenters. The van der Waals surface area contributed by atoms with E-state index in [4.69, 9.17) is 5.26 Å². The van der Waals surface area contributed by atoms with Gasteiger partial charge in [-0.1, -0.05) is 6.07 Å². The molecule has 0 amide bonds. The van der Waals surface area contributed by atoms with Gasteiger partial charge in [-0.25, -0.2) is 9.97 Å². The molecule has 2 rings (SSSR count). The maximum Gasteiger partial charge on any atom is 0.138 e. The highest BCUT2D eigenvalue weighted by molar-refractivity contribution is 5.62. The van der Waals surface area contributed by atoms with Crippen LogP contribution in [-0.2, 0) is 0 Å². The van der Waals surface area contributed by atoms with E-state index < -0.39 is 0 Å². The summed E-state index contributed by atoms with van der Waals surface area (Å²) < 4.78 is 0. The van der Waals surface area contributed by atoms with Gasteiger partial charge in [-0.05, 0) is 25.1 Å². The predicted molar refractivity (Wildman–Crippen MR) is 75.4 cm³/mol. The average molecular weight is 253 g/mol. The SMILES string of the molecule is CCNc1cc(N(C)c2cccc(C#N)c2)ncn1. The highest BCUT2D eigenvalue weighted by Crippen LogP contribution is 2.23. The minimum Gasteiger partial charge on any atom is -0.370 e. The van der Waals surface area contributed by atoms with Crippen LogP contribution in [0.15, 0.2) is 36.7 Å². The molecule has 5 heteroatoms. The van der Waals surface area contributed by atoms with Crippen LogP contribution in [0.25, 0.3) is 0 Å². The molecule has 96 valence electrons. The summed E-state index contributed by atoms with van der Waals surface area (Å²) in [5.74, 6) is 1.57. The summed E-state index contributed by atoms with van der Waals surface area (Å²) in [6.07, 6.45) is 1.53. The molecule has 1 aromatic heterocycles. The fourth-order valence-electron chi connectivity index (χ4n) is 1.72. The lowest BCUT2D eigenvalue weighted by Gasteiger charge is -2.18. The number of rotatable bonds is 4. The molecular weight excluding hydrogens is 238 g/mol. The monoisotopic (exact) mass is 253 g/mol. The molecule has 0 saturated carbocycles. The van der Waals surface area contributed by atoms with E-state index in [0.29, 0.717) is 5.56 Å². The number of aromatic nitrogens is 2. The van der Waals surface area contributed by atoms with E-state index in [1.807, 2.05) is 43.1 Å². The first-order chi connectivity index (χ1) is 9.24. The smallest absolute Gasteiger partial charge is 0.138 e. The largest absolute Gasteiger partial charge is 0.370 e. The van der Waals surface area contributed by atoms with Crippen LogP contribution in [0.3, 0.4) is 0 Å². The number of anilines is 3. The van der Waals surface area contributed by atoms with Crippen molar-refractivity contribution in [3.63, 3.8) is 0 Å². The van der Waals surface area contributed by atoms with Gasteiger partial charge in [-0.3, -0.25) is 0 Å². The molecule has 19 heavy (non-hydrogen) atoms. The van der Waals surface area contributed by atoms with Crippen molar-refractivity contribution in [3.8, 4) is 6.07 Å². The number of nitrogens with zero attached hydrogens (tertiary/aromatic N) is 4. The van der Waals surface area contributed by atoms with Crippen molar-refractivity contribution in [2.24, 2.45) is 0 Å². The van der Waals surface area contributed by atoms with Crippen LogP contribution in [0.5, 0.6) is 0 Å². The molecule has 1 heterocycles. The Morgan fingerprint density at radius 2 is 2.16 bits per heavy atom. The Kier molecular flexibility index (Phi) is 3.94. The summed E-state index contributed by atoms with van der Waals surface area (Å²) in [7, 11) is 1.91. The van der Waals surface area contributed by atoms with E-state index in [2.05, 4.69) is 21.4 Å². The molecule has 0 aliphatic carbocycles. The van der Waals surface area contributed by atoms with Crippen molar-refractivity contribution >= 4 is 17.3 Å². The summed E-state index contributed by atoms with van der Waals surface area (Å²) in [5.41, 5.74) is 1.55. The Hall–Kier alpha value is -2.61. The molecule has 5 nitrogen and oxygen atoms in total. The molecule has 0 unspecified atom stereocenters. The third-order valence-corrected chi connectivity index (χ3v) is 2.72. The minimum absolute atomic E-state index is 0.630. The Balaban J connectivity index is 2.30. The predicted octanol–water partition coefficient (Wildman–Crippen LogP) is 2.55. The van der Waals surface area contributed by atoms with Gasteiger partial charge in [0.2, 0.25) is 0 Å². The molecule has 2 aromatic rings. The lowest BCUT2D eigenvalue weighted by molar-refractivity contribution is 1.06. The van der Waals surface area contributed by atoms with Crippen molar-refractivity contribution in [2.75, 3.05) is 23.8 Å². The van der Waals surface area contributed by atoms with Gasteiger partial charge in [0.15, 0.2) is 0 Å². The fraction of sp³-hybridized carbons (Fsp3) is 0.214. The highest BCUT2D eigenvalue weighted by Gasteiger charge is 2.07. The first kappa shape index (κ1) is 12.8. The second-order valence-corrected chi connectivity index (χ2v) is 4.01. The Bertz CT molecular complexity index is 603. The first-order valence-electron chi connectivity index (χ1n) is 6.04. The van der Waals surface area contributed by atoms with Crippen molar-refractivity contribution in [1.29, 1.82) is 5.26 Å². The normalized spacial score (nSPS) is 9.74. The average Bonchev–Trinajstić information content (AvgIpc) is 2.47. The quantitative estimate of drug-likeness (QED) is 0.907. The van der Waals surface area contributed by atoms with Crippen molar-refractivity contribution in [3.05, 3.63) is 42.2 Å². The fourth-order valence-corrected chi connectivity index (χ4v) is 1.72. The van der Waals surface area contributed by atoms with Crippen LogP contribution in [0.1, 0.15) is 12.5 Å². The Labute approximate surface area is 112 Å². The summed E-state index contributed by atoms with van der Waals surface area (Å²) in [6, 6.07) is 11.4. The molecule has 0 aliphatic heterocycles. The summed E-state index contributed by atoms with van der Waals surface area (Å²) in [6.45, 7) is 2.83. The Morgan fingerprint density at radius 1 is 1.32 bits per heavy atom. The Morgan fingerprint density at radius 3 is 2.89 bits per heavy atom. The third-order valence-electron chi connectivity index (χ3n) is 2.72. The van der Waals surface area contributed by atoms with Crippen LogP contribution in [-0.4, -0.2) is 23.6 Å². The molecule has 0 fully saturated rings. The van der Waals surface area contributed by atoms with Crippen LogP contribution in [0.2, 0.25) is 0 Å². The molecule has 0 saturated heterocycles. The summed E-state index contributed by atoms with van der Waals surface area (Å²) in [4.78, 5) is 10.3. The van der Waals surface area contributed by atoms with Gasteiger partial charge in [0, 0.05) is 25.3 Å². The van der Waals surface area contributed by atoms with Crippen LogP contribution >= 0.6 is 0 Å². The first-order valence-corrected chi connectivity index (χ1v) is 6.04. The van der Waals surface area contributed by atoms with E-state index in [0.717, 1.165) is 23.9 Å². The van der Waals surface area contributed by atoms with Crippen molar-refractivity contribution in [2.45, 2.75) is 6.92 Å². The van der Waals surface area contributed by atoms with E-state index in [-0.39, 0.29) is 0 Å². The molecule has 0 radical (unpaired) electrons. The zero-order valence-corrected chi connectivity index (χ0v) is 11.0. The number of nitriles is 1. The highest BCUT2D eigenvalue weighted by atomic mass is 15.2. The van der Waals surface area contributed by atoms with Crippen LogP contribution < -0.4 is 10.2 Å². The lowest BCUT2D eigenvalue weighted by atomic mass is 10.2. The number of hydrogen-bond donors (Lipinski definition) is 1. The zero-order chi connectivity index (χ0) is 13.7. The second-order valence-electron chi connectivity index (χ2n) is 4.01. The summed E-state index contributed by atoms with van der Waals surface area (Å²) in [5, 5.41) is 12.1. The molecule has 0 spiro atoms. The van der Waals surface area contributed by atoms with Gasteiger partial charge in [0.25, 0.3) is 0 Å². The zero-order valence-electron chi connectivity index (χ0n) is 11.0. The van der Waals surface area contributed by atoms with Crippen molar-refractivity contribution < 1.29 is 0 Å². The van der Waals surface area contributed by atoms with Crippen LogP contribution in [0, 0.1) is 11.3 Å².